The SMILES string of the molecule is CC(Nc1nccc(-c2cc(N3CCC(N)CC3)nnc2-c2cccc(C(F)(F)F)c2)n1)c1ccccc1. The van der Waals surface area contributed by atoms with E-state index >= 15 is 0 Å². The van der Waals surface area contributed by atoms with E-state index in [2.05, 4.69) is 25.4 Å². The maximum absolute atomic E-state index is 13.5. The first-order valence-corrected chi connectivity index (χ1v) is 12.5. The number of nitrogens with one attached hydrogen (secondary N) is 1. The molecule has 0 amide bonds. The quantitative estimate of drug-likeness (QED) is 0.337. The van der Waals surface area contributed by atoms with Crippen molar-refractivity contribution in [1.29, 1.82) is 0 Å². The molecule has 1 aliphatic rings. The van der Waals surface area contributed by atoms with Gasteiger partial charge in [-0.15, -0.1) is 10.2 Å². The van der Waals surface area contributed by atoms with E-state index in [-0.39, 0.29) is 12.1 Å². The number of rotatable bonds is 6. The molecular weight excluding hydrogens is 491 g/mol. The fourth-order valence-electron chi connectivity index (χ4n) is 4.51. The number of hydrogen-bond donors (Lipinski definition) is 2. The van der Waals surface area contributed by atoms with E-state index in [1.165, 1.54) is 6.07 Å². The van der Waals surface area contributed by atoms with Crippen molar-refractivity contribution in [2.24, 2.45) is 5.73 Å². The van der Waals surface area contributed by atoms with Crippen LogP contribution < -0.4 is 16.0 Å². The van der Waals surface area contributed by atoms with Gasteiger partial charge >= 0.3 is 6.18 Å². The van der Waals surface area contributed by atoms with E-state index in [9.17, 15) is 13.2 Å². The van der Waals surface area contributed by atoms with E-state index in [0.29, 0.717) is 34.3 Å². The van der Waals surface area contributed by atoms with Gasteiger partial charge in [0.2, 0.25) is 5.95 Å². The lowest BCUT2D eigenvalue weighted by Crippen LogP contribution is -2.40. The molecular formula is C28H28F3N7. The Balaban J connectivity index is 1.55. The van der Waals surface area contributed by atoms with Crippen LogP contribution in [0.3, 0.4) is 0 Å². The number of hydrogen-bond acceptors (Lipinski definition) is 7. The van der Waals surface area contributed by atoms with E-state index in [4.69, 9.17) is 10.7 Å². The van der Waals surface area contributed by atoms with Crippen molar-refractivity contribution in [3.8, 4) is 22.5 Å². The standard InChI is InChI=1S/C28H28F3N7/c1-18(19-6-3-2-4-7-19)34-27-33-13-10-24(35-27)23-17-25(38-14-11-22(32)12-15-38)36-37-26(23)20-8-5-9-21(16-20)28(29,30)31/h2-10,13,16-18,22H,11-12,14-15,32H2,1H3,(H,33,34,35). The van der Waals surface area contributed by atoms with Crippen LogP contribution in [0.1, 0.15) is 36.9 Å². The third kappa shape index (κ3) is 5.75. The van der Waals surface area contributed by atoms with Crippen LogP contribution in [0.15, 0.2) is 72.9 Å². The number of piperidine rings is 1. The van der Waals surface area contributed by atoms with Gasteiger partial charge in [-0.3, -0.25) is 0 Å². The van der Waals surface area contributed by atoms with Crippen LogP contribution in [-0.2, 0) is 6.18 Å². The first-order valence-electron chi connectivity index (χ1n) is 12.5. The Hall–Kier alpha value is -4.05. The fraction of sp³-hybridized carbons (Fsp3) is 0.286. The van der Waals surface area contributed by atoms with E-state index in [0.717, 1.165) is 43.6 Å². The second kappa shape index (κ2) is 10.7. The molecule has 3 N–H and O–H groups in total. The van der Waals surface area contributed by atoms with Gasteiger partial charge in [0.05, 0.1) is 17.3 Å². The summed E-state index contributed by atoms with van der Waals surface area (Å²) in [4.78, 5) is 11.2. The molecule has 1 unspecified atom stereocenters. The minimum atomic E-state index is -4.48. The van der Waals surface area contributed by atoms with Crippen LogP contribution in [0.25, 0.3) is 22.5 Å². The minimum Gasteiger partial charge on any atom is -0.355 e. The lowest BCUT2D eigenvalue weighted by Gasteiger charge is -2.31. The molecule has 0 spiro atoms. The molecule has 5 rings (SSSR count). The van der Waals surface area contributed by atoms with E-state index < -0.39 is 11.7 Å². The van der Waals surface area contributed by atoms with Gasteiger partial charge < -0.3 is 16.0 Å². The number of alkyl halides is 3. The topological polar surface area (TPSA) is 92.9 Å². The summed E-state index contributed by atoms with van der Waals surface area (Å²) in [6.45, 7) is 3.46. The molecule has 2 aromatic carbocycles. The highest BCUT2D eigenvalue weighted by Crippen LogP contribution is 2.36. The maximum atomic E-state index is 13.5. The van der Waals surface area contributed by atoms with Gasteiger partial charge in [0.25, 0.3) is 0 Å². The van der Waals surface area contributed by atoms with Crippen molar-refractivity contribution in [1.82, 2.24) is 20.2 Å². The molecule has 196 valence electrons. The molecule has 38 heavy (non-hydrogen) atoms. The summed E-state index contributed by atoms with van der Waals surface area (Å²) in [5, 5.41) is 12.1. The molecule has 4 aromatic rings. The molecule has 0 saturated carbocycles. The molecule has 0 bridgehead atoms. The molecule has 1 saturated heterocycles. The van der Waals surface area contributed by atoms with Gasteiger partial charge in [0.15, 0.2) is 5.82 Å². The minimum absolute atomic E-state index is 0.0573. The molecule has 0 aliphatic carbocycles. The highest BCUT2D eigenvalue weighted by Gasteiger charge is 2.31. The summed E-state index contributed by atoms with van der Waals surface area (Å²) >= 11 is 0. The summed E-state index contributed by atoms with van der Waals surface area (Å²) in [5.74, 6) is 1.03. The highest BCUT2D eigenvalue weighted by molar-refractivity contribution is 5.81. The normalized spacial score (nSPS) is 15.3. The molecule has 1 aliphatic heterocycles. The molecule has 2 aromatic heterocycles. The van der Waals surface area contributed by atoms with Gasteiger partial charge in [-0.05, 0) is 49.6 Å². The van der Waals surface area contributed by atoms with Crippen LogP contribution in [0.4, 0.5) is 24.9 Å². The second-order valence-corrected chi connectivity index (χ2v) is 9.41. The van der Waals surface area contributed by atoms with Crippen molar-refractivity contribution in [2.75, 3.05) is 23.3 Å². The van der Waals surface area contributed by atoms with Gasteiger partial charge in [-0.25, -0.2) is 9.97 Å². The predicted octanol–water partition coefficient (Wildman–Crippen LogP) is 5.72. The van der Waals surface area contributed by atoms with Crippen molar-refractivity contribution < 1.29 is 13.2 Å². The first kappa shape index (κ1) is 25.6. The number of benzene rings is 2. The van der Waals surface area contributed by atoms with Crippen molar-refractivity contribution in [3.05, 3.63) is 84.1 Å². The van der Waals surface area contributed by atoms with Crippen molar-refractivity contribution >= 4 is 11.8 Å². The van der Waals surface area contributed by atoms with Gasteiger partial charge in [-0.2, -0.15) is 13.2 Å². The third-order valence-corrected chi connectivity index (χ3v) is 6.68. The first-order chi connectivity index (χ1) is 18.3. The van der Waals surface area contributed by atoms with Crippen LogP contribution >= 0.6 is 0 Å². The molecule has 0 radical (unpaired) electrons. The molecule has 10 heteroatoms. The number of aromatic nitrogens is 4. The zero-order valence-electron chi connectivity index (χ0n) is 20.9. The summed E-state index contributed by atoms with van der Waals surface area (Å²) in [6.07, 6.45) is -1.20. The molecule has 7 nitrogen and oxygen atoms in total. The van der Waals surface area contributed by atoms with Crippen LogP contribution in [-0.4, -0.2) is 39.3 Å². The lowest BCUT2D eigenvalue weighted by molar-refractivity contribution is -0.137. The van der Waals surface area contributed by atoms with Gasteiger partial charge in [-0.1, -0.05) is 42.5 Å². The number of nitrogens with two attached hydrogens (primary N) is 1. The second-order valence-electron chi connectivity index (χ2n) is 9.41. The summed E-state index contributed by atoms with van der Waals surface area (Å²) in [6, 6.07) is 18.6. The highest BCUT2D eigenvalue weighted by atomic mass is 19.4. The fourth-order valence-corrected chi connectivity index (χ4v) is 4.51. The zero-order valence-corrected chi connectivity index (χ0v) is 20.9. The Morgan fingerprint density at radius 1 is 0.974 bits per heavy atom. The van der Waals surface area contributed by atoms with Crippen LogP contribution in [0, 0.1) is 0 Å². The van der Waals surface area contributed by atoms with E-state index in [1.54, 1.807) is 18.3 Å². The Morgan fingerprint density at radius 3 is 2.47 bits per heavy atom. The Bertz CT molecular complexity index is 1390. The Kier molecular flexibility index (Phi) is 7.24. The zero-order chi connectivity index (χ0) is 26.7. The largest absolute Gasteiger partial charge is 0.416 e. The molecule has 1 fully saturated rings. The molecule has 3 heterocycles. The maximum Gasteiger partial charge on any atom is 0.416 e. The summed E-state index contributed by atoms with van der Waals surface area (Å²) < 4.78 is 40.4. The molecule has 1 atom stereocenters. The number of anilines is 2. The smallest absolute Gasteiger partial charge is 0.355 e. The van der Waals surface area contributed by atoms with E-state index in [1.807, 2.05) is 43.3 Å². The monoisotopic (exact) mass is 519 g/mol. The van der Waals surface area contributed by atoms with Crippen LogP contribution in [0.2, 0.25) is 0 Å². The van der Waals surface area contributed by atoms with Gasteiger partial charge in [0, 0.05) is 36.5 Å². The predicted molar refractivity (Wildman–Crippen MR) is 141 cm³/mol. The lowest BCUT2D eigenvalue weighted by atomic mass is 10.0. The third-order valence-electron chi connectivity index (χ3n) is 6.68. The van der Waals surface area contributed by atoms with Gasteiger partial charge in [0.1, 0.15) is 5.69 Å². The average Bonchev–Trinajstić information content (AvgIpc) is 2.93. The van der Waals surface area contributed by atoms with Crippen molar-refractivity contribution in [3.63, 3.8) is 0 Å². The summed E-state index contributed by atoms with van der Waals surface area (Å²) in [5.41, 5.74) is 8.10. The Labute approximate surface area is 219 Å². The number of nitrogens with zero attached hydrogens (tertiary/aromatic N) is 5. The Morgan fingerprint density at radius 2 is 1.74 bits per heavy atom. The van der Waals surface area contributed by atoms with Crippen LogP contribution in [0.5, 0.6) is 0 Å². The van der Waals surface area contributed by atoms with Crippen molar-refractivity contribution in [2.45, 2.75) is 38.0 Å². The number of halogens is 3. The average molecular weight is 520 g/mol. The summed E-state index contributed by atoms with van der Waals surface area (Å²) in [7, 11) is 0.